The Morgan fingerprint density at radius 2 is 2.30 bits per heavy atom. The number of hydrogen-bond acceptors (Lipinski definition) is 2. The average Bonchev–Trinajstić information content (AvgIpc) is 1.82. The minimum atomic E-state index is -0.133. The van der Waals surface area contributed by atoms with Crippen LogP contribution in [0.15, 0.2) is 4.99 Å². The van der Waals surface area contributed by atoms with Crippen LogP contribution in [-0.4, -0.2) is 16.7 Å². The van der Waals surface area contributed by atoms with Gasteiger partial charge in [0.2, 0.25) is 5.91 Å². The molecule has 0 aromatic carbocycles. The normalized spacial score (nSPS) is 25.8. The summed E-state index contributed by atoms with van der Waals surface area (Å²) in [6.45, 7) is 3.60. The zero-order chi connectivity index (χ0) is 7.72. The molecule has 1 N–H and O–H groups in total. The van der Waals surface area contributed by atoms with E-state index in [0.29, 0.717) is 0 Å². The summed E-state index contributed by atoms with van der Waals surface area (Å²) >= 11 is 4.69. The van der Waals surface area contributed by atoms with Crippen molar-refractivity contribution >= 4 is 28.9 Å². The van der Waals surface area contributed by atoms with E-state index in [1.54, 1.807) is 13.8 Å². The summed E-state index contributed by atoms with van der Waals surface area (Å²) in [4.78, 5) is 14.9. The van der Waals surface area contributed by atoms with Crippen molar-refractivity contribution in [1.29, 1.82) is 0 Å². The average molecular weight is 156 g/mol. The molecule has 4 heteroatoms. The molecule has 3 nitrogen and oxygen atoms in total. The van der Waals surface area contributed by atoms with E-state index in [9.17, 15) is 4.79 Å². The minimum Gasteiger partial charge on any atom is -0.301 e. The Labute approximate surface area is 64.5 Å². The molecule has 0 saturated heterocycles. The first-order valence-corrected chi connectivity index (χ1v) is 3.42. The Balaban J connectivity index is 2.91. The zero-order valence-electron chi connectivity index (χ0n) is 5.84. The summed E-state index contributed by atoms with van der Waals surface area (Å²) in [5, 5.41) is 2.74. The molecule has 0 aromatic heterocycles. The fourth-order valence-corrected chi connectivity index (χ4v) is 0.933. The molecule has 1 rings (SSSR count). The van der Waals surface area contributed by atoms with Crippen LogP contribution in [0.5, 0.6) is 0 Å². The van der Waals surface area contributed by atoms with Gasteiger partial charge in [-0.15, -0.1) is 0 Å². The molecule has 54 valence electrons. The fraction of sp³-hybridized carbons (Fsp3) is 0.500. The Kier molecular flexibility index (Phi) is 1.80. The van der Waals surface area contributed by atoms with Gasteiger partial charge in [0.25, 0.3) is 0 Å². The van der Waals surface area contributed by atoms with Gasteiger partial charge >= 0.3 is 0 Å². The molecule has 1 atom stereocenters. The van der Waals surface area contributed by atoms with Gasteiger partial charge in [0.15, 0.2) is 5.11 Å². The monoisotopic (exact) mass is 156 g/mol. The Morgan fingerprint density at radius 1 is 1.70 bits per heavy atom. The third-order valence-corrected chi connectivity index (χ3v) is 1.72. The second kappa shape index (κ2) is 2.46. The lowest BCUT2D eigenvalue weighted by molar-refractivity contribution is -0.121. The van der Waals surface area contributed by atoms with Crippen LogP contribution in [0.3, 0.4) is 0 Å². The maximum Gasteiger partial charge on any atom is 0.234 e. The summed E-state index contributed by atoms with van der Waals surface area (Å²) < 4.78 is 0. The summed E-state index contributed by atoms with van der Waals surface area (Å²) in [6, 6.07) is 0. The molecule has 0 saturated carbocycles. The molecule has 1 aliphatic heterocycles. The number of thiocarbonyl (C=S) groups is 1. The van der Waals surface area contributed by atoms with Crippen LogP contribution in [0.1, 0.15) is 13.8 Å². The van der Waals surface area contributed by atoms with Gasteiger partial charge in [-0.05, 0) is 26.1 Å². The molecule has 1 heterocycles. The predicted octanol–water partition coefficient (Wildman–Crippen LogP) is 0.498. The highest BCUT2D eigenvalue weighted by Gasteiger charge is 2.21. The van der Waals surface area contributed by atoms with Gasteiger partial charge in [0.05, 0.1) is 5.92 Å². The van der Waals surface area contributed by atoms with E-state index in [1.807, 2.05) is 0 Å². The maximum atomic E-state index is 10.9. The second-order valence-corrected chi connectivity index (χ2v) is 2.66. The number of nitrogens with one attached hydrogen (secondary N) is 1. The number of nitrogens with zero attached hydrogens (tertiary/aromatic N) is 1. The maximum absolute atomic E-state index is 10.9. The number of hydrogen-bond donors (Lipinski definition) is 1. The molecule has 1 amide bonds. The lowest BCUT2D eigenvalue weighted by atomic mass is 10.1. The number of rotatable bonds is 0. The highest BCUT2D eigenvalue weighted by atomic mass is 32.1. The number of amides is 1. The molecule has 0 fully saturated rings. The van der Waals surface area contributed by atoms with E-state index in [1.165, 1.54) is 0 Å². The van der Waals surface area contributed by atoms with E-state index >= 15 is 0 Å². The molecule has 0 unspecified atom stereocenters. The molecule has 10 heavy (non-hydrogen) atoms. The van der Waals surface area contributed by atoms with Crippen molar-refractivity contribution in [2.24, 2.45) is 10.9 Å². The largest absolute Gasteiger partial charge is 0.301 e. The van der Waals surface area contributed by atoms with Crippen LogP contribution in [0.25, 0.3) is 0 Å². The van der Waals surface area contributed by atoms with Gasteiger partial charge in [-0.25, -0.2) is 4.99 Å². The zero-order valence-corrected chi connectivity index (χ0v) is 6.66. The summed E-state index contributed by atoms with van der Waals surface area (Å²) in [6.07, 6.45) is 0. The van der Waals surface area contributed by atoms with E-state index in [-0.39, 0.29) is 16.9 Å². The van der Waals surface area contributed by atoms with Crippen LogP contribution in [0.4, 0.5) is 0 Å². The van der Waals surface area contributed by atoms with Gasteiger partial charge in [0.1, 0.15) is 0 Å². The molecular weight excluding hydrogens is 148 g/mol. The first-order valence-electron chi connectivity index (χ1n) is 3.01. The molecule has 0 radical (unpaired) electrons. The first-order chi connectivity index (χ1) is 4.61. The van der Waals surface area contributed by atoms with Crippen LogP contribution in [0, 0.1) is 5.92 Å². The number of carbonyl (C=O) groups is 1. The Morgan fingerprint density at radius 3 is 2.80 bits per heavy atom. The first kappa shape index (κ1) is 7.34. The predicted molar refractivity (Wildman–Crippen MR) is 43.0 cm³/mol. The molecule has 0 aromatic rings. The third-order valence-electron chi connectivity index (χ3n) is 1.53. The van der Waals surface area contributed by atoms with Crippen molar-refractivity contribution < 1.29 is 4.79 Å². The van der Waals surface area contributed by atoms with Crippen LogP contribution in [-0.2, 0) is 4.79 Å². The summed E-state index contributed by atoms with van der Waals surface area (Å²) in [7, 11) is 0. The van der Waals surface area contributed by atoms with E-state index in [4.69, 9.17) is 12.2 Å². The Hall–Kier alpha value is -0.770. The highest BCUT2D eigenvalue weighted by molar-refractivity contribution is 7.80. The van der Waals surface area contributed by atoms with Gasteiger partial charge in [-0.3, -0.25) is 4.79 Å². The van der Waals surface area contributed by atoms with E-state index in [2.05, 4.69) is 10.3 Å². The van der Waals surface area contributed by atoms with Crippen LogP contribution < -0.4 is 5.32 Å². The molecule has 0 bridgehead atoms. The van der Waals surface area contributed by atoms with Gasteiger partial charge in [-0.2, -0.15) is 0 Å². The van der Waals surface area contributed by atoms with Crippen molar-refractivity contribution in [3.05, 3.63) is 0 Å². The number of carbonyl (C=O) groups excluding carboxylic acids is 1. The van der Waals surface area contributed by atoms with Gasteiger partial charge < -0.3 is 5.32 Å². The number of aliphatic imine (C=N–C) groups is 1. The van der Waals surface area contributed by atoms with Crippen molar-refractivity contribution in [2.75, 3.05) is 0 Å². The smallest absolute Gasteiger partial charge is 0.234 e. The van der Waals surface area contributed by atoms with Gasteiger partial charge in [0, 0.05) is 5.71 Å². The van der Waals surface area contributed by atoms with Crippen molar-refractivity contribution in [3.63, 3.8) is 0 Å². The standard InChI is InChI=1S/C6H8N2OS/c1-3-4(2)7-6(10)8-5(3)9/h3H,1-2H3,(H,8,9,10)/t3-/m0/s1. The third kappa shape index (κ3) is 1.21. The van der Waals surface area contributed by atoms with Gasteiger partial charge in [-0.1, -0.05) is 0 Å². The summed E-state index contributed by atoms with van der Waals surface area (Å²) in [5.41, 5.74) is 0.786. The summed E-state index contributed by atoms with van der Waals surface area (Å²) in [5.74, 6) is -0.191. The molecule has 1 aliphatic rings. The van der Waals surface area contributed by atoms with E-state index < -0.39 is 0 Å². The topological polar surface area (TPSA) is 41.5 Å². The SMILES string of the molecule is CC1=NC(=S)NC(=O)[C@H]1C. The minimum absolute atomic E-state index is 0.0579. The molecule has 0 spiro atoms. The van der Waals surface area contributed by atoms with E-state index in [0.717, 1.165) is 5.71 Å². The molecule has 0 aliphatic carbocycles. The lowest BCUT2D eigenvalue weighted by Gasteiger charge is -2.16. The quantitative estimate of drug-likeness (QED) is 0.519. The van der Waals surface area contributed by atoms with Crippen LogP contribution in [0.2, 0.25) is 0 Å². The van der Waals surface area contributed by atoms with Crippen molar-refractivity contribution in [3.8, 4) is 0 Å². The lowest BCUT2D eigenvalue weighted by Crippen LogP contribution is -2.40. The second-order valence-electron chi connectivity index (χ2n) is 2.27. The Bertz CT molecular complexity index is 222. The van der Waals surface area contributed by atoms with Crippen molar-refractivity contribution in [2.45, 2.75) is 13.8 Å². The molecular formula is C6H8N2OS. The fourth-order valence-electron chi connectivity index (χ4n) is 0.688. The highest BCUT2D eigenvalue weighted by Crippen LogP contribution is 2.04. The van der Waals surface area contributed by atoms with Crippen molar-refractivity contribution in [1.82, 2.24) is 5.32 Å². The van der Waals surface area contributed by atoms with Crippen LogP contribution >= 0.6 is 12.2 Å².